The fraction of sp³-hybridized carbons (Fsp3) is 0.286. The zero-order chi connectivity index (χ0) is 13.2. The molecule has 1 aromatic carbocycles. The number of nitrogens with zero attached hydrogens (tertiary/aromatic N) is 2. The largest absolute Gasteiger partial charge is 0.479 e. The Balaban J connectivity index is 1.91. The van der Waals surface area contributed by atoms with Crippen LogP contribution < -0.4 is 4.74 Å². The Morgan fingerprint density at radius 3 is 2.74 bits per heavy atom. The first-order valence-corrected chi connectivity index (χ1v) is 6.24. The van der Waals surface area contributed by atoms with Gasteiger partial charge < -0.3 is 9.84 Å². The summed E-state index contributed by atoms with van der Waals surface area (Å²) in [5.74, 6) is -0.120. The zero-order valence-corrected chi connectivity index (χ0v) is 10.3. The van der Waals surface area contributed by atoms with E-state index in [-0.39, 0.29) is 6.61 Å². The number of hydrogen-bond acceptors (Lipinski definition) is 3. The SMILES string of the molecule is O=C(O)COc1cc(C2CC2)n(-c2ccccc2)n1. The molecule has 0 amide bonds. The first-order valence-electron chi connectivity index (χ1n) is 6.24. The van der Waals surface area contributed by atoms with Gasteiger partial charge in [0, 0.05) is 12.0 Å². The van der Waals surface area contributed by atoms with Crippen LogP contribution in [-0.4, -0.2) is 27.5 Å². The first kappa shape index (κ1) is 11.8. The maximum Gasteiger partial charge on any atom is 0.341 e. The van der Waals surface area contributed by atoms with E-state index in [1.165, 1.54) is 0 Å². The lowest BCUT2D eigenvalue weighted by molar-refractivity contribution is -0.139. The third-order valence-electron chi connectivity index (χ3n) is 3.05. The maximum atomic E-state index is 10.5. The monoisotopic (exact) mass is 258 g/mol. The normalized spacial score (nSPS) is 14.3. The zero-order valence-electron chi connectivity index (χ0n) is 10.3. The molecule has 1 fully saturated rings. The number of para-hydroxylation sites is 1. The molecule has 0 radical (unpaired) electrons. The molecule has 5 heteroatoms. The second-order valence-electron chi connectivity index (χ2n) is 4.61. The van der Waals surface area contributed by atoms with Gasteiger partial charge in [0.25, 0.3) is 0 Å². The Morgan fingerprint density at radius 2 is 2.11 bits per heavy atom. The van der Waals surface area contributed by atoms with Crippen LogP contribution in [0.3, 0.4) is 0 Å². The van der Waals surface area contributed by atoms with Crippen LogP contribution in [-0.2, 0) is 4.79 Å². The molecule has 5 nitrogen and oxygen atoms in total. The Bertz CT molecular complexity index is 588. The number of aliphatic carboxylic acids is 1. The number of hydrogen-bond donors (Lipinski definition) is 1. The van der Waals surface area contributed by atoms with Crippen molar-refractivity contribution in [3.8, 4) is 11.6 Å². The van der Waals surface area contributed by atoms with E-state index >= 15 is 0 Å². The predicted octanol–water partition coefficient (Wildman–Crippen LogP) is 2.21. The molecule has 1 aromatic heterocycles. The predicted molar refractivity (Wildman–Crippen MR) is 68.7 cm³/mol. The molecular weight excluding hydrogens is 244 g/mol. The van der Waals surface area contributed by atoms with E-state index in [0.717, 1.165) is 24.2 Å². The van der Waals surface area contributed by atoms with Gasteiger partial charge in [0.2, 0.25) is 5.88 Å². The number of benzene rings is 1. The minimum Gasteiger partial charge on any atom is -0.479 e. The highest BCUT2D eigenvalue weighted by atomic mass is 16.5. The van der Waals surface area contributed by atoms with Crippen LogP contribution in [0.2, 0.25) is 0 Å². The molecule has 1 N–H and O–H groups in total. The highest BCUT2D eigenvalue weighted by molar-refractivity contribution is 5.68. The van der Waals surface area contributed by atoms with Crippen molar-refractivity contribution >= 4 is 5.97 Å². The van der Waals surface area contributed by atoms with E-state index in [4.69, 9.17) is 9.84 Å². The molecule has 0 bridgehead atoms. The molecule has 1 aliphatic rings. The summed E-state index contributed by atoms with van der Waals surface area (Å²) in [5, 5.41) is 13.0. The molecule has 0 spiro atoms. The van der Waals surface area contributed by atoms with E-state index in [0.29, 0.717) is 11.8 Å². The van der Waals surface area contributed by atoms with Gasteiger partial charge in [0.15, 0.2) is 6.61 Å². The molecule has 0 atom stereocenters. The molecular formula is C14H14N2O3. The molecule has 2 aromatic rings. The van der Waals surface area contributed by atoms with Crippen molar-refractivity contribution in [2.45, 2.75) is 18.8 Å². The third-order valence-corrected chi connectivity index (χ3v) is 3.05. The second-order valence-corrected chi connectivity index (χ2v) is 4.61. The molecule has 19 heavy (non-hydrogen) atoms. The van der Waals surface area contributed by atoms with Crippen molar-refractivity contribution in [2.24, 2.45) is 0 Å². The van der Waals surface area contributed by atoms with Gasteiger partial charge in [0.05, 0.1) is 11.4 Å². The van der Waals surface area contributed by atoms with Gasteiger partial charge in [-0.05, 0) is 25.0 Å². The van der Waals surface area contributed by atoms with Crippen LogP contribution in [0.5, 0.6) is 5.88 Å². The Kier molecular flexibility index (Phi) is 2.95. The van der Waals surface area contributed by atoms with Gasteiger partial charge in [-0.15, -0.1) is 5.10 Å². The fourth-order valence-electron chi connectivity index (χ4n) is 2.02. The standard InChI is InChI=1S/C14H14N2O3/c17-14(18)9-19-13-8-12(10-6-7-10)16(15-13)11-4-2-1-3-5-11/h1-5,8,10H,6-7,9H2,(H,17,18). The van der Waals surface area contributed by atoms with Gasteiger partial charge in [-0.3, -0.25) is 0 Å². The number of ether oxygens (including phenoxy) is 1. The molecule has 0 unspecified atom stereocenters. The van der Waals surface area contributed by atoms with Gasteiger partial charge in [-0.25, -0.2) is 9.48 Å². The average molecular weight is 258 g/mol. The van der Waals surface area contributed by atoms with E-state index < -0.39 is 5.97 Å². The van der Waals surface area contributed by atoms with E-state index in [9.17, 15) is 4.79 Å². The molecule has 0 aliphatic heterocycles. The summed E-state index contributed by atoms with van der Waals surface area (Å²) >= 11 is 0. The summed E-state index contributed by atoms with van der Waals surface area (Å²) in [6.07, 6.45) is 2.30. The van der Waals surface area contributed by atoms with Gasteiger partial charge in [0.1, 0.15) is 0 Å². The van der Waals surface area contributed by atoms with Gasteiger partial charge >= 0.3 is 5.97 Å². The quantitative estimate of drug-likeness (QED) is 0.893. The van der Waals surface area contributed by atoms with Crippen molar-refractivity contribution < 1.29 is 14.6 Å². The minimum atomic E-state index is -0.998. The summed E-state index contributed by atoms with van der Waals surface area (Å²) in [4.78, 5) is 10.5. The third kappa shape index (κ3) is 2.59. The lowest BCUT2D eigenvalue weighted by atomic mass is 10.2. The Morgan fingerprint density at radius 1 is 1.37 bits per heavy atom. The van der Waals surface area contributed by atoms with Crippen LogP contribution in [0.25, 0.3) is 5.69 Å². The minimum absolute atomic E-state index is 0.365. The van der Waals surface area contributed by atoms with Crippen LogP contribution in [0.15, 0.2) is 36.4 Å². The van der Waals surface area contributed by atoms with Gasteiger partial charge in [-0.2, -0.15) is 0 Å². The van der Waals surface area contributed by atoms with Crippen molar-refractivity contribution in [3.05, 3.63) is 42.1 Å². The Labute approximate surface area is 110 Å². The van der Waals surface area contributed by atoms with Crippen LogP contribution in [0, 0.1) is 0 Å². The fourth-order valence-corrected chi connectivity index (χ4v) is 2.02. The summed E-state index contributed by atoms with van der Waals surface area (Å²) in [6, 6.07) is 11.6. The molecule has 3 rings (SSSR count). The summed E-state index contributed by atoms with van der Waals surface area (Å²) in [6.45, 7) is -0.365. The summed E-state index contributed by atoms with van der Waals surface area (Å²) in [5.41, 5.74) is 2.06. The van der Waals surface area contributed by atoms with Gasteiger partial charge in [-0.1, -0.05) is 18.2 Å². The van der Waals surface area contributed by atoms with Crippen molar-refractivity contribution in [1.82, 2.24) is 9.78 Å². The van der Waals surface area contributed by atoms with Crippen molar-refractivity contribution in [2.75, 3.05) is 6.61 Å². The van der Waals surface area contributed by atoms with E-state index in [1.807, 2.05) is 41.1 Å². The van der Waals surface area contributed by atoms with E-state index in [2.05, 4.69) is 5.10 Å². The summed E-state index contributed by atoms with van der Waals surface area (Å²) < 4.78 is 7.00. The molecule has 1 saturated carbocycles. The number of carboxylic acids is 1. The molecule has 98 valence electrons. The number of rotatable bonds is 5. The van der Waals surface area contributed by atoms with Crippen LogP contribution in [0.1, 0.15) is 24.5 Å². The lowest BCUT2D eigenvalue weighted by Crippen LogP contribution is -2.10. The van der Waals surface area contributed by atoms with Crippen LogP contribution >= 0.6 is 0 Å². The molecule has 1 heterocycles. The lowest BCUT2D eigenvalue weighted by Gasteiger charge is -2.05. The van der Waals surface area contributed by atoms with Crippen molar-refractivity contribution in [3.63, 3.8) is 0 Å². The molecule has 1 aliphatic carbocycles. The average Bonchev–Trinajstić information content (AvgIpc) is 3.17. The highest BCUT2D eigenvalue weighted by Crippen LogP contribution is 2.41. The first-order chi connectivity index (χ1) is 9.24. The molecule has 0 saturated heterocycles. The topological polar surface area (TPSA) is 64.3 Å². The number of carboxylic acid groups (broad SMARTS) is 1. The number of carbonyl (C=O) groups is 1. The maximum absolute atomic E-state index is 10.5. The second kappa shape index (κ2) is 4.76. The van der Waals surface area contributed by atoms with E-state index in [1.54, 1.807) is 0 Å². The van der Waals surface area contributed by atoms with Crippen molar-refractivity contribution in [1.29, 1.82) is 0 Å². The smallest absolute Gasteiger partial charge is 0.341 e. The number of aromatic nitrogens is 2. The summed E-state index contributed by atoms with van der Waals surface area (Å²) in [7, 11) is 0. The Hall–Kier alpha value is -2.30. The van der Waals surface area contributed by atoms with Crippen LogP contribution in [0.4, 0.5) is 0 Å². The highest BCUT2D eigenvalue weighted by Gasteiger charge is 2.29.